The zero-order valence-corrected chi connectivity index (χ0v) is 18.1. The maximum absolute atomic E-state index is 12.1. The predicted octanol–water partition coefficient (Wildman–Crippen LogP) is 5.48. The summed E-state index contributed by atoms with van der Waals surface area (Å²) >= 11 is 6.62. The molecule has 26 heavy (non-hydrogen) atoms. The lowest BCUT2D eigenvalue weighted by Gasteiger charge is -2.10. The van der Waals surface area contributed by atoms with Crippen molar-refractivity contribution in [3.05, 3.63) is 68.6 Å². The predicted molar refractivity (Wildman–Crippen MR) is 109 cm³/mol. The third kappa shape index (κ3) is 7.81. The highest BCUT2D eigenvalue weighted by molar-refractivity contribution is 9.10. The SMILES string of the molecule is CCC(=O)OC(C)C.O=C(c1ccc(Br)cc1)C(O)c1ccc(Br)cc1. The van der Waals surface area contributed by atoms with Crippen molar-refractivity contribution in [1.29, 1.82) is 0 Å². The Labute approximate surface area is 170 Å². The Morgan fingerprint density at radius 2 is 1.42 bits per heavy atom. The van der Waals surface area contributed by atoms with E-state index in [1.54, 1.807) is 55.5 Å². The Morgan fingerprint density at radius 3 is 1.81 bits per heavy atom. The number of aliphatic hydroxyl groups is 1. The average Bonchev–Trinajstić information content (AvgIpc) is 2.61. The van der Waals surface area contributed by atoms with Crippen molar-refractivity contribution in [3.8, 4) is 0 Å². The van der Waals surface area contributed by atoms with Crippen LogP contribution >= 0.6 is 31.9 Å². The van der Waals surface area contributed by atoms with Crippen LogP contribution in [0.15, 0.2) is 57.5 Å². The summed E-state index contributed by atoms with van der Waals surface area (Å²) in [6, 6.07) is 14.0. The van der Waals surface area contributed by atoms with E-state index < -0.39 is 6.10 Å². The van der Waals surface area contributed by atoms with Gasteiger partial charge in [-0.05, 0) is 43.7 Å². The normalized spacial score (nSPS) is 11.3. The van der Waals surface area contributed by atoms with Gasteiger partial charge in [0.15, 0.2) is 5.78 Å². The topological polar surface area (TPSA) is 63.6 Å². The number of hydrogen-bond donors (Lipinski definition) is 1. The Morgan fingerprint density at radius 1 is 0.962 bits per heavy atom. The first-order valence-corrected chi connectivity index (χ1v) is 9.76. The number of Topliss-reactive ketones (excluding diaryl/α,β-unsaturated/α-hetero) is 1. The molecule has 6 heteroatoms. The highest BCUT2D eigenvalue weighted by atomic mass is 79.9. The lowest BCUT2D eigenvalue weighted by atomic mass is 10.0. The summed E-state index contributed by atoms with van der Waals surface area (Å²) in [5.41, 5.74) is 1.08. The molecule has 1 unspecified atom stereocenters. The second-order valence-electron chi connectivity index (χ2n) is 5.72. The van der Waals surface area contributed by atoms with Gasteiger partial charge in [0.25, 0.3) is 0 Å². The van der Waals surface area contributed by atoms with Crippen LogP contribution in [-0.4, -0.2) is 23.0 Å². The largest absolute Gasteiger partial charge is 0.463 e. The summed E-state index contributed by atoms with van der Waals surface area (Å²) in [6.07, 6.45) is -0.625. The van der Waals surface area contributed by atoms with Crippen LogP contribution in [0.2, 0.25) is 0 Å². The van der Waals surface area contributed by atoms with Crippen molar-refractivity contribution in [1.82, 2.24) is 0 Å². The van der Waals surface area contributed by atoms with E-state index in [4.69, 9.17) is 4.74 Å². The first-order chi connectivity index (χ1) is 12.2. The molecule has 1 N–H and O–H groups in total. The molecular formula is C20H22Br2O4. The molecule has 4 nitrogen and oxygen atoms in total. The van der Waals surface area contributed by atoms with E-state index in [2.05, 4.69) is 31.9 Å². The fraction of sp³-hybridized carbons (Fsp3) is 0.300. The quantitative estimate of drug-likeness (QED) is 0.450. The third-order valence-electron chi connectivity index (χ3n) is 3.22. The fourth-order valence-electron chi connectivity index (χ4n) is 1.91. The van der Waals surface area contributed by atoms with E-state index in [1.165, 1.54) is 0 Å². The van der Waals surface area contributed by atoms with Crippen LogP contribution in [0.1, 0.15) is 49.2 Å². The standard InChI is InChI=1S/C14H10Br2O2.C6H12O2/c15-11-5-1-9(2-6-11)13(17)14(18)10-3-7-12(16)8-4-10;1-4-6(7)8-5(2)3/h1-8,13,17H;5H,4H2,1-3H3. The first kappa shape index (κ1) is 22.5. The van der Waals surface area contributed by atoms with Gasteiger partial charge in [-0.3, -0.25) is 9.59 Å². The smallest absolute Gasteiger partial charge is 0.305 e. The summed E-state index contributed by atoms with van der Waals surface area (Å²) in [6.45, 7) is 5.46. The number of ether oxygens (including phenoxy) is 1. The Hall–Kier alpha value is -1.50. The van der Waals surface area contributed by atoms with Crippen molar-refractivity contribution in [2.24, 2.45) is 0 Å². The van der Waals surface area contributed by atoms with Gasteiger partial charge < -0.3 is 9.84 Å². The zero-order valence-electron chi connectivity index (χ0n) is 14.9. The minimum absolute atomic E-state index is 0.0300. The summed E-state index contributed by atoms with van der Waals surface area (Å²) in [5, 5.41) is 10.0. The second-order valence-corrected chi connectivity index (χ2v) is 7.55. The zero-order chi connectivity index (χ0) is 19.7. The van der Waals surface area contributed by atoms with Crippen LogP contribution in [0, 0.1) is 0 Å². The molecule has 0 aliphatic heterocycles. The maximum atomic E-state index is 12.1. The lowest BCUT2D eigenvalue weighted by Crippen LogP contribution is -2.12. The minimum Gasteiger partial charge on any atom is -0.463 e. The second kappa shape index (κ2) is 11.3. The van der Waals surface area contributed by atoms with Crippen LogP contribution in [0.3, 0.4) is 0 Å². The van der Waals surface area contributed by atoms with Crippen LogP contribution in [-0.2, 0) is 9.53 Å². The lowest BCUT2D eigenvalue weighted by molar-refractivity contribution is -0.146. The van der Waals surface area contributed by atoms with Crippen molar-refractivity contribution in [2.45, 2.75) is 39.4 Å². The van der Waals surface area contributed by atoms with Crippen molar-refractivity contribution < 1.29 is 19.4 Å². The minimum atomic E-state index is -1.13. The number of aliphatic hydroxyl groups excluding tert-OH is 1. The molecule has 140 valence electrons. The molecule has 0 aromatic heterocycles. The van der Waals surface area contributed by atoms with Gasteiger partial charge in [-0.15, -0.1) is 0 Å². The number of rotatable bonds is 5. The molecule has 0 aliphatic rings. The molecule has 0 saturated carbocycles. The summed E-state index contributed by atoms with van der Waals surface area (Å²) < 4.78 is 6.57. The molecule has 2 aromatic carbocycles. The van der Waals surface area contributed by atoms with Gasteiger partial charge in [0, 0.05) is 20.9 Å². The van der Waals surface area contributed by atoms with E-state index in [0.29, 0.717) is 17.5 Å². The number of halogens is 2. The number of hydrogen-bond acceptors (Lipinski definition) is 4. The number of carbonyl (C=O) groups is 2. The van der Waals surface area contributed by atoms with Gasteiger partial charge in [0.1, 0.15) is 6.10 Å². The number of benzene rings is 2. The summed E-state index contributed by atoms with van der Waals surface area (Å²) in [5.74, 6) is -0.426. The molecule has 0 fully saturated rings. The van der Waals surface area contributed by atoms with E-state index in [1.807, 2.05) is 13.8 Å². The van der Waals surface area contributed by atoms with Crippen molar-refractivity contribution in [2.75, 3.05) is 0 Å². The number of esters is 1. The monoisotopic (exact) mass is 484 g/mol. The van der Waals surface area contributed by atoms with E-state index in [-0.39, 0.29) is 17.9 Å². The summed E-state index contributed by atoms with van der Waals surface area (Å²) in [4.78, 5) is 22.5. The van der Waals surface area contributed by atoms with Gasteiger partial charge in [-0.2, -0.15) is 0 Å². The summed E-state index contributed by atoms with van der Waals surface area (Å²) in [7, 11) is 0. The Kier molecular flexibility index (Phi) is 9.76. The highest BCUT2D eigenvalue weighted by Gasteiger charge is 2.18. The third-order valence-corrected chi connectivity index (χ3v) is 4.28. The van der Waals surface area contributed by atoms with Crippen LogP contribution in [0.4, 0.5) is 0 Å². The fourth-order valence-corrected chi connectivity index (χ4v) is 2.44. The Balaban J connectivity index is 0.000000359. The molecule has 1 atom stereocenters. The van der Waals surface area contributed by atoms with Crippen LogP contribution < -0.4 is 0 Å². The van der Waals surface area contributed by atoms with Gasteiger partial charge in [-0.25, -0.2) is 0 Å². The maximum Gasteiger partial charge on any atom is 0.305 e. The van der Waals surface area contributed by atoms with Crippen LogP contribution in [0.5, 0.6) is 0 Å². The molecule has 0 radical (unpaired) electrons. The van der Waals surface area contributed by atoms with Gasteiger partial charge >= 0.3 is 5.97 Å². The van der Waals surface area contributed by atoms with Gasteiger partial charge in [0.05, 0.1) is 6.10 Å². The van der Waals surface area contributed by atoms with Gasteiger partial charge in [0.2, 0.25) is 0 Å². The van der Waals surface area contributed by atoms with Crippen LogP contribution in [0.25, 0.3) is 0 Å². The molecule has 0 heterocycles. The number of carbonyl (C=O) groups excluding carboxylic acids is 2. The van der Waals surface area contributed by atoms with Gasteiger partial charge in [-0.1, -0.05) is 63.0 Å². The molecular weight excluding hydrogens is 464 g/mol. The average molecular weight is 486 g/mol. The molecule has 0 spiro atoms. The van der Waals surface area contributed by atoms with E-state index in [0.717, 1.165) is 8.95 Å². The highest BCUT2D eigenvalue weighted by Crippen LogP contribution is 2.21. The molecule has 2 aromatic rings. The number of ketones is 1. The van der Waals surface area contributed by atoms with E-state index in [9.17, 15) is 14.7 Å². The molecule has 0 saturated heterocycles. The van der Waals surface area contributed by atoms with Crippen molar-refractivity contribution >= 4 is 43.6 Å². The van der Waals surface area contributed by atoms with Crippen molar-refractivity contribution in [3.63, 3.8) is 0 Å². The molecule has 2 rings (SSSR count). The first-order valence-electron chi connectivity index (χ1n) is 8.17. The molecule has 0 bridgehead atoms. The molecule has 0 amide bonds. The Bertz CT molecular complexity index is 710. The molecule has 0 aliphatic carbocycles. The van der Waals surface area contributed by atoms with E-state index >= 15 is 0 Å².